The molecule has 0 amide bonds. The Hall–Kier alpha value is -1.55. The molecule has 4 nitrogen and oxygen atoms in total. The van der Waals surface area contributed by atoms with Crippen LogP contribution in [0, 0.1) is 0 Å². The van der Waals surface area contributed by atoms with Crippen LogP contribution in [-0.2, 0) is 4.79 Å². The molecular formula is C13H17N2O2. The van der Waals surface area contributed by atoms with E-state index >= 15 is 0 Å². The van der Waals surface area contributed by atoms with Crippen molar-refractivity contribution < 1.29 is 10.0 Å². The van der Waals surface area contributed by atoms with Crippen LogP contribution < -0.4 is 5.32 Å². The molecule has 0 aromatic rings. The third kappa shape index (κ3) is 1.60. The first-order valence-corrected chi connectivity index (χ1v) is 5.63. The van der Waals surface area contributed by atoms with Crippen LogP contribution in [0.5, 0.6) is 0 Å². The van der Waals surface area contributed by atoms with Crippen LogP contribution in [0.1, 0.15) is 27.7 Å². The zero-order chi connectivity index (χ0) is 12.8. The molecule has 0 aromatic heterocycles. The highest BCUT2D eigenvalue weighted by atomic mass is 16.5. The molecule has 0 unspecified atom stereocenters. The number of carbonyl (C=O) groups is 1. The molecule has 0 saturated carbocycles. The summed E-state index contributed by atoms with van der Waals surface area (Å²) in [7, 11) is 0. The van der Waals surface area contributed by atoms with Crippen molar-refractivity contribution in [3.63, 3.8) is 0 Å². The summed E-state index contributed by atoms with van der Waals surface area (Å²) in [5, 5.41) is 15.8. The molecule has 2 rings (SSSR count). The molecule has 1 aliphatic heterocycles. The maximum absolute atomic E-state index is 11.8. The fraction of sp³-hybridized carbons (Fsp3) is 0.462. The maximum Gasteiger partial charge on any atom is 0.189 e. The summed E-state index contributed by atoms with van der Waals surface area (Å²) in [6.07, 6.45) is 6.61. The van der Waals surface area contributed by atoms with Crippen LogP contribution in [-0.4, -0.2) is 27.1 Å². The van der Waals surface area contributed by atoms with Crippen molar-refractivity contribution in [1.29, 1.82) is 0 Å². The third-order valence-electron chi connectivity index (χ3n) is 3.74. The summed E-state index contributed by atoms with van der Waals surface area (Å²) in [6.45, 7) is 7.68. The Labute approximate surface area is 101 Å². The van der Waals surface area contributed by atoms with E-state index in [0.29, 0.717) is 11.4 Å². The summed E-state index contributed by atoms with van der Waals surface area (Å²) in [5.74, 6) is 0.226. The first kappa shape index (κ1) is 11.9. The molecule has 1 heterocycles. The molecule has 1 radical (unpaired) electrons. The fourth-order valence-electron chi connectivity index (χ4n) is 1.80. The number of ketones is 1. The van der Waals surface area contributed by atoms with Gasteiger partial charge < -0.3 is 0 Å². The highest BCUT2D eigenvalue weighted by Gasteiger charge is 2.52. The number of hydroxylamine groups is 2. The molecule has 4 heteroatoms. The standard InChI is InChI=1S/C13H17N2O2/c1-12(2)13(3,4)15(17)11(14-12)9-7-5-6-8-10(9)16/h5-8,17H,1-4H3/b11-9-. The number of nitrogens with zero attached hydrogens (tertiary/aromatic N) is 2. The second-order valence-corrected chi connectivity index (χ2v) is 5.36. The van der Waals surface area contributed by atoms with Crippen LogP contribution in [0.2, 0.25) is 0 Å². The van der Waals surface area contributed by atoms with Crippen molar-refractivity contribution in [3.05, 3.63) is 35.7 Å². The summed E-state index contributed by atoms with van der Waals surface area (Å²) in [6, 6.07) is 0. The number of hydrogen-bond acceptors (Lipinski definition) is 3. The Kier molecular flexibility index (Phi) is 2.43. The lowest BCUT2D eigenvalue weighted by atomic mass is 9.84. The van der Waals surface area contributed by atoms with Crippen molar-refractivity contribution in [1.82, 2.24) is 10.4 Å². The van der Waals surface area contributed by atoms with Gasteiger partial charge in [-0.25, -0.2) is 5.06 Å². The second kappa shape index (κ2) is 3.47. The Balaban J connectivity index is 2.50. The third-order valence-corrected chi connectivity index (χ3v) is 3.74. The van der Waals surface area contributed by atoms with Gasteiger partial charge in [0.25, 0.3) is 0 Å². The van der Waals surface area contributed by atoms with Gasteiger partial charge in [0.05, 0.1) is 16.7 Å². The molecule has 0 aromatic carbocycles. The summed E-state index contributed by atoms with van der Waals surface area (Å²) in [5.41, 5.74) is -0.544. The van der Waals surface area contributed by atoms with E-state index in [1.54, 1.807) is 18.2 Å². The largest absolute Gasteiger partial charge is 0.289 e. The lowest BCUT2D eigenvalue weighted by Gasteiger charge is -2.35. The van der Waals surface area contributed by atoms with E-state index in [9.17, 15) is 10.0 Å². The number of hydrogen-bond donors (Lipinski definition) is 1. The Morgan fingerprint density at radius 2 is 1.76 bits per heavy atom. The molecule has 0 spiro atoms. The minimum Gasteiger partial charge on any atom is -0.289 e. The van der Waals surface area contributed by atoms with Crippen molar-refractivity contribution in [2.24, 2.45) is 0 Å². The van der Waals surface area contributed by atoms with Crippen LogP contribution >= 0.6 is 0 Å². The van der Waals surface area contributed by atoms with Gasteiger partial charge in [-0.05, 0) is 39.8 Å². The zero-order valence-electron chi connectivity index (χ0n) is 10.6. The SMILES string of the molecule is CC1(C)[N]/C(=C2\C=CC=CC2=O)N(O)C1(C)C. The first-order valence-electron chi connectivity index (χ1n) is 5.63. The Morgan fingerprint density at radius 3 is 2.24 bits per heavy atom. The minimum atomic E-state index is -0.537. The van der Waals surface area contributed by atoms with Gasteiger partial charge in [-0.1, -0.05) is 12.2 Å². The second-order valence-electron chi connectivity index (χ2n) is 5.36. The van der Waals surface area contributed by atoms with Gasteiger partial charge in [0.2, 0.25) is 0 Å². The van der Waals surface area contributed by atoms with Gasteiger partial charge in [-0.15, -0.1) is 0 Å². The summed E-state index contributed by atoms with van der Waals surface area (Å²) < 4.78 is 0. The zero-order valence-corrected chi connectivity index (χ0v) is 10.6. The lowest BCUT2D eigenvalue weighted by Crippen LogP contribution is -2.50. The van der Waals surface area contributed by atoms with E-state index in [1.807, 2.05) is 27.7 Å². The van der Waals surface area contributed by atoms with Gasteiger partial charge in [-0.3, -0.25) is 15.3 Å². The normalized spacial score (nSPS) is 29.7. The van der Waals surface area contributed by atoms with Crippen molar-refractivity contribution in [2.75, 3.05) is 0 Å². The van der Waals surface area contributed by atoms with Gasteiger partial charge in [0.1, 0.15) is 0 Å². The number of rotatable bonds is 0. The smallest absolute Gasteiger partial charge is 0.189 e. The fourth-order valence-corrected chi connectivity index (χ4v) is 1.80. The minimum absolute atomic E-state index is 0.126. The molecular weight excluding hydrogens is 216 g/mol. The highest BCUT2D eigenvalue weighted by molar-refractivity contribution is 6.07. The predicted molar refractivity (Wildman–Crippen MR) is 64.2 cm³/mol. The van der Waals surface area contributed by atoms with Gasteiger partial charge in [-0.2, -0.15) is 0 Å². The Morgan fingerprint density at radius 1 is 1.18 bits per heavy atom. The number of carbonyl (C=O) groups excluding carboxylic acids is 1. The van der Waals surface area contributed by atoms with E-state index in [-0.39, 0.29) is 5.78 Å². The lowest BCUT2D eigenvalue weighted by molar-refractivity contribution is -0.125. The number of allylic oxidation sites excluding steroid dienone is 5. The van der Waals surface area contributed by atoms with E-state index in [2.05, 4.69) is 5.32 Å². The predicted octanol–water partition coefficient (Wildman–Crippen LogP) is 1.76. The van der Waals surface area contributed by atoms with E-state index in [4.69, 9.17) is 0 Å². The quantitative estimate of drug-likeness (QED) is 0.649. The molecule has 1 saturated heterocycles. The molecule has 1 N–H and O–H groups in total. The first-order chi connectivity index (χ1) is 7.77. The van der Waals surface area contributed by atoms with E-state index < -0.39 is 11.1 Å². The van der Waals surface area contributed by atoms with Crippen LogP contribution in [0.25, 0.3) is 0 Å². The van der Waals surface area contributed by atoms with Crippen LogP contribution in [0.3, 0.4) is 0 Å². The Bertz CT molecular complexity index is 456. The van der Waals surface area contributed by atoms with Crippen molar-refractivity contribution in [3.8, 4) is 0 Å². The van der Waals surface area contributed by atoms with Crippen molar-refractivity contribution in [2.45, 2.75) is 38.8 Å². The van der Waals surface area contributed by atoms with Gasteiger partial charge >= 0.3 is 0 Å². The summed E-state index contributed by atoms with van der Waals surface area (Å²) >= 11 is 0. The highest BCUT2D eigenvalue weighted by Crippen LogP contribution is 2.39. The molecule has 1 aliphatic carbocycles. The van der Waals surface area contributed by atoms with Gasteiger partial charge in [0.15, 0.2) is 11.6 Å². The summed E-state index contributed by atoms with van der Waals surface area (Å²) in [4.78, 5) is 11.8. The monoisotopic (exact) mass is 233 g/mol. The average molecular weight is 233 g/mol. The van der Waals surface area contributed by atoms with Crippen molar-refractivity contribution >= 4 is 5.78 Å². The van der Waals surface area contributed by atoms with E-state index in [0.717, 1.165) is 5.06 Å². The molecule has 17 heavy (non-hydrogen) atoms. The molecule has 91 valence electrons. The molecule has 2 aliphatic rings. The van der Waals surface area contributed by atoms with E-state index in [1.165, 1.54) is 6.08 Å². The molecule has 0 atom stereocenters. The maximum atomic E-state index is 11.8. The topological polar surface area (TPSA) is 54.6 Å². The van der Waals surface area contributed by atoms with Crippen LogP contribution in [0.15, 0.2) is 35.7 Å². The average Bonchev–Trinajstić information content (AvgIpc) is 2.40. The molecule has 1 fully saturated rings. The van der Waals surface area contributed by atoms with Gasteiger partial charge in [0, 0.05) is 0 Å². The molecule has 0 bridgehead atoms. The van der Waals surface area contributed by atoms with Crippen LogP contribution in [0.4, 0.5) is 0 Å².